The Morgan fingerprint density at radius 1 is 1.24 bits per heavy atom. The number of nitrogens with one attached hydrogen (secondary N) is 1. The summed E-state index contributed by atoms with van der Waals surface area (Å²) in [4.78, 5) is 12.2. The van der Waals surface area contributed by atoms with Gasteiger partial charge in [-0.05, 0) is 64.9 Å². The van der Waals surface area contributed by atoms with Gasteiger partial charge in [-0.25, -0.2) is 0 Å². The first-order chi connectivity index (χ1) is 10.1. The number of carbonyl (C=O) groups excluding carboxylic acids is 1. The molecule has 0 aromatic heterocycles. The van der Waals surface area contributed by atoms with Crippen LogP contribution in [0.3, 0.4) is 0 Å². The third-order valence-corrected chi connectivity index (χ3v) is 3.83. The smallest absolute Gasteiger partial charge is 0.266 e. The van der Waals surface area contributed by atoms with Gasteiger partial charge in [0, 0.05) is 9.26 Å². The second-order valence-electron chi connectivity index (χ2n) is 4.51. The molecule has 0 saturated carbocycles. The molecule has 104 valence electrons. The molecule has 0 heterocycles. The van der Waals surface area contributed by atoms with Gasteiger partial charge in [0.2, 0.25) is 0 Å². The zero-order valence-corrected chi connectivity index (χ0v) is 13.6. The maximum Gasteiger partial charge on any atom is 0.266 e. The van der Waals surface area contributed by atoms with Gasteiger partial charge in [-0.2, -0.15) is 5.26 Å². The highest BCUT2D eigenvalue weighted by molar-refractivity contribution is 14.1. The van der Waals surface area contributed by atoms with Gasteiger partial charge in [0.15, 0.2) is 0 Å². The topological polar surface area (TPSA) is 52.9 Å². The van der Waals surface area contributed by atoms with Crippen LogP contribution in [0.2, 0.25) is 0 Å². The third-order valence-electron chi connectivity index (χ3n) is 2.85. The molecule has 1 amide bonds. The molecule has 4 heteroatoms. The number of hydrogen-bond acceptors (Lipinski definition) is 2. The molecule has 0 saturated heterocycles. The highest BCUT2D eigenvalue weighted by Crippen LogP contribution is 2.16. The summed E-state index contributed by atoms with van der Waals surface area (Å²) in [5.74, 6) is -0.400. The van der Waals surface area contributed by atoms with Gasteiger partial charge in [-0.3, -0.25) is 4.79 Å². The second kappa shape index (κ2) is 7.04. The number of benzene rings is 2. The number of anilines is 1. The van der Waals surface area contributed by atoms with Crippen molar-refractivity contribution in [2.45, 2.75) is 6.92 Å². The predicted octanol–water partition coefficient (Wildman–Crippen LogP) is 4.15. The fourth-order valence-electron chi connectivity index (χ4n) is 1.82. The van der Waals surface area contributed by atoms with Gasteiger partial charge in [0.25, 0.3) is 5.91 Å². The summed E-state index contributed by atoms with van der Waals surface area (Å²) < 4.78 is 0.992. The quantitative estimate of drug-likeness (QED) is 0.488. The zero-order valence-electron chi connectivity index (χ0n) is 11.4. The molecular weight excluding hydrogens is 375 g/mol. The number of hydrogen-bond donors (Lipinski definition) is 1. The van der Waals surface area contributed by atoms with Crippen molar-refractivity contribution in [2.24, 2.45) is 0 Å². The largest absolute Gasteiger partial charge is 0.321 e. The Kier molecular flexibility index (Phi) is 5.12. The SMILES string of the molecule is Cc1cccc(NC(=O)/C(C#N)=C\c2ccccc2I)c1. The highest BCUT2D eigenvalue weighted by atomic mass is 127. The first-order valence-electron chi connectivity index (χ1n) is 6.34. The van der Waals surface area contributed by atoms with Crippen molar-refractivity contribution in [3.63, 3.8) is 0 Å². The minimum atomic E-state index is -0.400. The summed E-state index contributed by atoms with van der Waals surface area (Å²) in [6.07, 6.45) is 1.60. The molecule has 0 aliphatic carbocycles. The first kappa shape index (κ1) is 15.3. The molecule has 3 nitrogen and oxygen atoms in total. The van der Waals surface area contributed by atoms with Gasteiger partial charge in [0.1, 0.15) is 11.6 Å². The van der Waals surface area contributed by atoms with Crippen molar-refractivity contribution >= 4 is 40.3 Å². The van der Waals surface area contributed by atoms with E-state index in [1.54, 1.807) is 12.1 Å². The molecule has 1 N–H and O–H groups in total. The zero-order chi connectivity index (χ0) is 15.2. The summed E-state index contributed by atoms with van der Waals surface area (Å²) in [6, 6.07) is 17.0. The maximum absolute atomic E-state index is 12.2. The Balaban J connectivity index is 2.24. The van der Waals surface area contributed by atoms with Crippen LogP contribution in [0.15, 0.2) is 54.1 Å². The first-order valence-corrected chi connectivity index (χ1v) is 7.42. The van der Waals surface area contributed by atoms with Crippen LogP contribution in [0.1, 0.15) is 11.1 Å². The van der Waals surface area contributed by atoms with Crippen LogP contribution >= 0.6 is 22.6 Å². The number of nitrogens with zero attached hydrogens (tertiary/aromatic N) is 1. The van der Waals surface area contributed by atoms with Gasteiger partial charge in [0.05, 0.1) is 0 Å². The van der Waals surface area contributed by atoms with Crippen LogP contribution in [0.25, 0.3) is 6.08 Å². The maximum atomic E-state index is 12.2. The van der Waals surface area contributed by atoms with E-state index in [2.05, 4.69) is 27.9 Å². The molecule has 21 heavy (non-hydrogen) atoms. The summed E-state index contributed by atoms with van der Waals surface area (Å²) >= 11 is 2.18. The Morgan fingerprint density at radius 3 is 2.67 bits per heavy atom. The second-order valence-corrected chi connectivity index (χ2v) is 5.68. The van der Waals surface area contributed by atoms with Crippen LogP contribution in [0.4, 0.5) is 5.69 Å². The Morgan fingerprint density at radius 2 is 2.00 bits per heavy atom. The molecule has 0 unspecified atom stereocenters. The van der Waals surface area contributed by atoms with Crippen molar-refractivity contribution in [1.82, 2.24) is 0 Å². The van der Waals surface area contributed by atoms with Crippen molar-refractivity contribution in [3.05, 3.63) is 68.8 Å². The third kappa shape index (κ3) is 4.17. The number of aryl methyl sites for hydroxylation is 1. The monoisotopic (exact) mass is 388 g/mol. The van der Waals surface area contributed by atoms with E-state index in [1.807, 2.05) is 55.5 Å². The minimum absolute atomic E-state index is 0.0839. The molecule has 2 rings (SSSR count). The number of nitriles is 1. The van der Waals surface area contributed by atoms with Crippen LogP contribution < -0.4 is 5.32 Å². The molecule has 0 aliphatic rings. The lowest BCUT2D eigenvalue weighted by Gasteiger charge is -2.05. The minimum Gasteiger partial charge on any atom is -0.321 e. The van der Waals surface area contributed by atoms with Crippen molar-refractivity contribution < 1.29 is 4.79 Å². The van der Waals surface area contributed by atoms with Crippen molar-refractivity contribution in [1.29, 1.82) is 5.26 Å². The van der Waals surface area contributed by atoms with Gasteiger partial charge >= 0.3 is 0 Å². The fraction of sp³-hybridized carbons (Fsp3) is 0.0588. The van der Waals surface area contributed by atoms with E-state index in [9.17, 15) is 10.1 Å². The van der Waals surface area contributed by atoms with E-state index in [1.165, 1.54) is 0 Å². The molecule has 2 aromatic rings. The molecule has 0 radical (unpaired) electrons. The summed E-state index contributed by atoms with van der Waals surface area (Å²) in [6.45, 7) is 1.95. The Hall–Kier alpha value is -2.13. The fourth-order valence-corrected chi connectivity index (χ4v) is 2.36. The van der Waals surface area contributed by atoms with Crippen LogP contribution in [-0.2, 0) is 4.79 Å². The molecule has 0 bridgehead atoms. The van der Waals surface area contributed by atoms with E-state index in [-0.39, 0.29) is 5.57 Å². The Bertz CT molecular complexity index is 744. The highest BCUT2D eigenvalue weighted by Gasteiger charge is 2.10. The van der Waals surface area contributed by atoms with Crippen molar-refractivity contribution in [3.8, 4) is 6.07 Å². The van der Waals surface area contributed by atoms with E-state index in [0.717, 1.165) is 14.7 Å². The van der Waals surface area contributed by atoms with Crippen molar-refractivity contribution in [2.75, 3.05) is 5.32 Å². The summed E-state index contributed by atoms with van der Waals surface area (Å²) in [5.41, 5.74) is 2.67. The molecule has 0 aliphatic heterocycles. The van der Waals surface area contributed by atoms with E-state index in [4.69, 9.17) is 0 Å². The number of halogens is 1. The van der Waals surface area contributed by atoms with E-state index >= 15 is 0 Å². The van der Waals surface area contributed by atoms with Crippen LogP contribution in [-0.4, -0.2) is 5.91 Å². The summed E-state index contributed by atoms with van der Waals surface area (Å²) in [5, 5.41) is 11.9. The lowest BCUT2D eigenvalue weighted by molar-refractivity contribution is -0.112. The van der Waals surface area contributed by atoms with Gasteiger partial charge in [-0.15, -0.1) is 0 Å². The lowest BCUT2D eigenvalue weighted by Crippen LogP contribution is -2.13. The Labute approximate surface area is 137 Å². The van der Waals surface area contributed by atoms with Crippen LogP contribution in [0, 0.1) is 21.8 Å². The van der Waals surface area contributed by atoms with Gasteiger partial charge < -0.3 is 5.32 Å². The normalized spacial score (nSPS) is 10.8. The van der Waals surface area contributed by atoms with E-state index in [0.29, 0.717) is 5.69 Å². The number of carbonyl (C=O) groups is 1. The standard InChI is InChI=1S/C17H13IN2O/c1-12-5-4-7-15(9-12)20-17(21)14(11-19)10-13-6-2-3-8-16(13)18/h2-10H,1H3,(H,20,21)/b14-10-. The molecule has 0 fully saturated rings. The van der Waals surface area contributed by atoms with Crippen LogP contribution in [0.5, 0.6) is 0 Å². The molecule has 0 spiro atoms. The molecule has 2 aromatic carbocycles. The summed E-state index contributed by atoms with van der Waals surface area (Å²) in [7, 11) is 0. The average Bonchev–Trinajstić information content (AvgIpc) is 2.46. The number of rotatable bonds is 3. The average molecular weight is 388 g/mol. The predicted molar refractivity (Wildman–Crippen MR) is 92.6 cm³/mol. The molecular formula is C17H13IN2O. The number of amides is 1. The lowest BCUT2D eigenvalue weighted by atomic mass is 10.1. The molecule has 0 atom stereocenters. The van der Waals surface area contributed by atoms with Gasteiger partial charge in [-0.1, -0.05) is 30.3 Å². The van der Waals surface area contributed by atoms with E-state index < -0.39 is 5.91 Å².